The maximum atomic E-state index is 8.64. The molecule has 48 heavy (non-hydrogen) atoms. The van der Waals surface area contributed by atoms with Crippen molar-refractivity contribution in [3.63, 3.8) is 0 Å². The molecule has 7 radical (unpaired) electrons. The van der Waals surface area contributed by atoms with Crippen LogP contribution in [0.3, 0.4) is 0 Å². The van der Waals surface area contributed by atoms with Crippen LogP contribution in [0.15, 0.2) is 0 Å². The van der Waals surface area contributed by atoms with Crippen LogP contribution in [0.2, 0.25) is 0 Å². The number of rotatable bonds is 11. The predicted octanol–water partition coefficient (Wildman–Crippen LogP) is -11.2. The molecule has 0 aromatic carbocycles. The summed E-state index contributed by atoms with van der Waals surface area (Å²) in [5.41, 5.74) is 0. The van der Waals surface area contributed by atoms with Gasteiger partial charge in [0.1, 0.15) is 0 Å². The Labute approximate surface area is 373 Å². The second kappa shape index (κ2) is 152. The molecule has 1 aliphatic rings. The first kappa shape index (κ1) is 110. The normalized spacial score (nSPS) is 7.56. The summed E-state index contributed by atoms with van der Waals surface area (Å²) in [7, 11) is 18.4. The SMILES string of the molecule is C.C1CCOC1.CO.CO.COB(OC)OC.CO[B]OC.C[O][AlH][O]C.C[O][Al]([O]C)[O]C.N.N.O=CO[O-].[AlH3].[AlH3].[B].[B].[H-].[Li+].[Li+].[Li][Li]. The molecule has 18 nitrogen and oxygen atoms in total. The van der Waals surface area contributed by atoms with Crippen molar-refractivity contribution >= 4 is 135 Å². The Morgan fingerprint density at radius 3 is 1.04 bits per heavy atom. The van der Waals surface area contributed by atoms with Gasteiger partial charge in [-0.2, -0.15) is 0 Å². The Kier molecular flexibility index (Phi) is 350. The Balaban J connectivity index is -0.0000000138. The molecule has 0 bridgehead atoms. The van der Waals surface area contributed by atoms with E-state index in [9.17, 15) is 0 Å². The summed E-state index contributed by atoms with van der Waals surface area (Å²) < 4.78 is 50.9. The van der Waals surface area contributed by atoms with E-state index in [2.05, 4.69) is 35.7 Å². The zero-order valence-corrected chi connectivity index (χ0v) is 33.6. The number of carbonyl (C=O) groups is 1. The van der Waals surface area contributed by atoms with Gasteiger partial charge in [-0.05, 0) is 12.8 Å². The van der Waals surface area contributed by atoms with E-state index in [1.54, 1.807) is 35.5 Å². The van der Waals surface area contributed by atoms with Crippen LogP contribution in [-0.4, -0.2) is 244 Å². The molecule has 0 spiro atoms. The molecule has 0 amide bonds. The van der Waals surface area contributed by atoms with E-state index in [0.717, 1.165) is 27.4 Å². The number of ether oxygens (including phenoxy) is 1. The van der Waals surface area contributed by atoms with E-state index >= 15 is 0 Å². The molecule has 271 valence electrons. The molecule has 1 rings (SSSR count). The molecule has 0 aromatic heterocycles. The van der Waals surface area contributed by atoms with Crippen molar-refractivity contribution in [3.05, 3.63) is 0 Å². The van der Waals surface area contributed by atoms with E-state index in [4.69, 9.17) is 36.4 Å². The molecule has 0 aliphatic carbocycles. The molecule has 0 unspecified atom stereocenters. The van der Waals surface area contributed by atoms with Crippen molar-refractivity contribution in [2.75, 3.05) is 98.5 Å². The molecule has 30 heteroatoms. The van der Waals surface area contributed by atoms with Crippen LogP contribution in [0, 0.1) is 0 Å². The zero-order valence-electron chi connectivity index (χ0n) is 32.0. The fraction of sp³-hybridized carbons (Fsp3) is 0.944. The van der Waals surface area contributed by atoms with E-state index < -0.39 is 38.4 Å². The number of hydrogen-bond donors (Lipinski definition) is 4. The Bertz CT molecular complexity index is 312. The molecule has 8 N–H and O–H groups in total. The standard InChI is InChI=1S/C4H8O.C3H9BO3.C2H6BO2.CH2O3.2CH4O.5CH3O.CH4.4Al.2B.4Li.2H3N.8H/c1-2-4-5-3-1;1-5-4(6-2)7-3;1-4-3-5-2;2-1-4-3;7*1-2;;;;;;;;;;;;;;;;;;;;;/h1-4H2;1-3H3;1-2H3;1,3H;2*2H,1H3;5*1H3;1H4;;;;;;;;;;;2*1H3;;;;;;;;/q;;;;;;5*-1;;;;+2;+3;;;;;2*+1;;;;;;;;;;-1/p-1. The van der Waals surface area contributed by atoms with Crippen LogP contribution in [0.5, 0.6) is 0 Å². The van der Waals surface area contributed by atoms with Crippen molar-refractivity contribution < 1.29 is 111 Å². The molecular weight excluding hydrogens is 679 g/mol. The van der Waals surface area contributed by atoms with Crippen molar-refractivity contribution in [2.45, 2.75) is 20.3 Å². The third-order valence-electron chi connectivity index (χ3n) is 2.45. The van der Waals surface area contributed by atoms with Crippen LogP contribution < -0.4 is 55.3 Å². The van der Waals surface area contributed by atoms with Crippen molar-refractivity contribution in [1.29, 1.82) is 0 Å². The molecular formula is C18H65Al4B4Li4N2O16. The molecule has 1 aliphatic heterocycles. The minimum atomic E-state index is -1.67. The number of carbonyl (C=O) groups excluding carboxylic acids is 1. The van der Waals surface area contributed by atoms with E-state index in [1.165, 1.54) is 56.1 Å². The summed E-state index contributed by atoms with van der Waals surface area (Å²) in [5.74, 6) is 0. The average Bonchev–Trinajstić information content (AvgIpc) is 3.61. The molecule has 1 heterocycles. The van der Waals surface area contributed by atoms with E-state index in [0.29, 0.717) is 0 Å². The summed E-state index contributed by atoms with van der Waals surface area (Å²) in [4.78, 5) is 11.2. The fourth-order valence-corrected chi connectivity index (χ4v) is 2.11. The van der Waals surface area contributed by atoms with Crippen LogP contribution in [0.25, 0.3) is 0 Å². The zero-order chi connectivity index (χ0) is 32.6. The van der Waals surface area contributed by atoms with Gasteiger partial charge in [0.2, 0.25) is 0 Å². The second-order valence-electron chi connectivity index (χ2n) is 4.77. The predicted molar refractivity (Wildman–Crippen MR) is 199 cm³/mol. The van der Waals surface area contributed by atoms with Crippen molar-refractivity contribution in [3.8, 4) is 0 Å². The van der Waals surface area contributed by atoms with E-state index in [-0.39, 0.29) is 117 Å². The third kappa shape index (κ3) is 179. The van der Waals surface area contributed by atoms with Crippen LogP contribution in [0.1, 0.15) is 21.7 Å². The topological polar surface area (TPSA) is 261 Å². The fourth-order valence-electron chi connectivity index (χ4n) is 1.30. The number of aliphatic hydroxyl groups is 2. The summed E-state index contributed by atoms with van der Waals surface area (Å²) in [5, 5.41) is 22.4. The van der Waals surface area contributed by atoms with Gasteiger partial charge in [-0.25, -0.2) is 0 Å². The van der Waals surface area contributed by atoms with Gasteiger partial charge in [0.25, 0.3) is 6.47 Å². The first-order valence-corrected chi connectivity index (χ1v) is 13.7. The van der Waals surface area contributed by atoms with Crippen molar-refractivity contribution in [1.82, 2.24) is 12.3 Å². The average molecular weight is 745 g/mol. The Morgan fingerprint density at radius 1 is 0.771 bits per heavy atom. The van der Waals surface area contributed by atoms with Gasteiger partial charge in [-0.1, -0.05) is 7.43 Å². The first-order chi connectivity index (χ1) is 18.9. The molecule has 0 saturated carbocycles. The van der Waals surface area contributed by atoms with Crippen LogP contribution >= 0.6 is 0 Å². The monoisotopic (exact) mass is 745 g/mol. The third-order valence-corrected chi connectivity index (χ3v) is 4.08. The van der Waals surface area contributed by atoms with Gasteiger partial charge in [0.05, 0.1) is 0 Å². The summed E-state index contributed by atoms with van der Waals surface area (Å²) in [6.45, 7) is 1.82. The minimum absolute atomic E-state index is 0. The van der Waals surface area contributed by atoms with Gasteiger partial charge < -0.3 is 81.0 Å². The van der Waals surface area contributed by atoms with Crippen LogP contribution in [0.4, 0.5) is 0 Å². The van der Waals surface area contributed by atoms with Crippen molar-refractivity contribution in [2.24, 2.45) is 0 Å². The quantitative estimate of drug-likeness (QED) is 0.0662. The summed E-state index contributed by atoms with van der Waals surface area (Å²) in [6, 6.07) is 0. The Hall–Kier alpha value is 3.61. The molecule has 1 fully saturated rings. The van der Waals surface area contributed by atoms with E-state index in [1.807, 2.05) is 30.8 Å². The van der Waals surface area contributed by atoms with Gasteiger partial charge in [-0.3, -0.25) is 4.79 Å². The summed E-state index contributed by atoms with van der Waals surface area (Å²) in [6.07, 6.45) is 2.56. The maximum absolute atomic E-state index is 8.64. The molecule has 0 aromatic rings. The Morgan fingerprint density at radius 2 is 1.02 bits per heavy atom. The molecule has 1 saturated heterocycles. The van der Waals surface area contributed by atoms with Gasteiger partial charge in [0, 0.05) is 115 Å². The second-order valence-corrected chi connectivity index (χ2v) is 8.15. The van der Waals surface area contributed by atoms with Gasteiger partial charge >= 0.3 is 115 Å². The van der Waals surface area contributed by atoms with Crippen LogP contribution in [-0.2, 0) is 56.6 Å². The number of aliphatic hydroxyl groups excluding tert-OH is 2. The first-order valence-electron chi connectivity index (χ1n) is 11.2. The van der Waals surface area contributed by atoms with Gasteiger partial charge in [-0.15, -0.1) is 0 Å². The summed E-state index contributed by atoms with van der Waals surface area (Å²) >= 11 is 1.76. The van der Waals surface area contributed by atoms with Gasteiger partial charge in [0.15, 0.2) is 34.7 Å². The number of hydrogen-bond acceptors (Lipinski definition) is 18. The molecule has 0 atom stereocenters.